The first-order chi connectivity index (χ1) is 9.20. The minimum atomic E-state index is 0. The molecule has 0 heterocycles. The second kappa shape index (κ2) is 8.34. The molecule has 1 fully saturated rings. The third kappa shape index (κ3) is 5.19. The molecule has 20 heavy (non-hydrogen) atoms. The van der Waals surface area contributed by atoms with Gasteiger partial charge in [-0.3, -0.25) is 4.99 Å². The summed E-state index contributed by atoms with van der Waals surface area (Å²) < 4.78 is 0. The molecule has 0 saturated heterocycles. The van der Waals surface area contributed by atoms with Crippen LogP contribution < -0.4 is 15.5 Å². The normalized spacial score (nSPS) is 20.9. The molecule has 5 heteroatoms. The molecular formula is C15H25IN4. The van der Waals surface area contributed by atoms with Crippen LogP contribution in [0.1, 0.15) is 13.3 Å². The number of hydrogen-bond acceptors (Lipinski definition) is 2. The van der Waals surface area contributed by atoms with Crippen LogP contribution in [-0.2, 0) is 0 Å². The number of halogens is 1. The lowest BCUT2D eigenvalue weighted by Gasteiger charge is -2.20. The fraction of sp³-hybridized carbons (Fsp3) is 0.533. The Morgan fingerprint density at radius 1 is 1.35 bits per heavy atom. The van der Waals surface area contributed by atoms with E-state index in [1.807, 2.05) is 13.1 Å². The summed E-state index contributed by atoms with van der Waals surface area (Å²) in [5.41, 5.74) is 1.24. The van der Waals surface area contributed by atoms with Crippen molar-refractivity contribution in [3.8, 4) is 0 Å². The number of nitrogens with zero attached hydrogens (tertiary/aromatic N) is 2. The summed E-state index contributed by atoms with van der Waals surface area (Å²) in [5, 5.41) is 6.78. The lowest BCUT2D eigenvalue weighted by molar-refractivity contribution is 0.750. The second-order valence-corrected chi connectivity index (χ2v) is 5.22. The molecule has 1 aromatic rings. The van der Waals surface area contributed by atoms with E-state index in [0.717, 1.165) is 25.0 Å². The van der Waals surface area contributed by atoms with Crippen LogP contribution in [0.5, 0.6) is 0 Å². The average Bonchev–Trinajstić information content (AvgIpc) is 3.13. The topological polar surface area (TPSA) is 39.7 Å². The summed E-state index contributed by atoms with van der Waals surface area (Å²) in [7, 11) is 3.93. The molecule has 112 valence electrons. The molecule has 4 nitrogen and oxygen atoms in total. The molecular weight excluding hydrogens is 363 g/mol. The van der Waals surface area contributed by atoms with Gasteiger partial charge in [-0.05, 0) is 24.5 Å². The molecule has 2 unspecified atom stereocenters. The highest BCUT2D eigenvalue weighted by atomic mass is 127. The predicted octanol–water partition coefficient (Wildman–Crippen LogP) is 2.31. The van der Waals surface area contributed by atoms with Gasteiger partial charge < -0.3 is 15.5 Å². The van der Waals surface area contributed by atoms with Crippen molar-refractivity contribution in [2.75, 3.05) is 32.1 Å². The van der Waals surface area contributed by atoms with Crippen molar-refractivity contribution in [3.05, 3.63) is 30.3 Å². The van der Waals surface area contributed by atoms with Crippen molar-refractivity contribution >= 4 is 35.6 Å². The molecule has 2 atom stereocenters. The summed E-state index contributed by atoms with van der Waals surface area (Å²) in [6, 6.07) is 11.0. The van der Waals surface area contributed by atoms with E-state index in [0.29, 0.717) is 6.04 Å². The Bertz CT molecular complexity index is 421. The largest absolute Gasteiger partial charge is 0.373 e. The van der Waals surface area contributed by atoms with Crippen LogP contribution in [0.15, 0.2) is 35.3 Å². The van der Waals surface area contributed by atoms with E-state index < -0.39 is 0 Å². The lowest BCUT2D eigenvalue weighted by Crippen LogP contribution is -2.42. The maximum Gasteiger partial charge on any atom is 0.191 e. The summed E-state index contributed by atoms with van der Waals surface area (Å²) in [6.45, 7) is 4.09. The fourth-order valence-electron chi connectivity index (χ4n) is 2.05. The summed E-state index contributed by atoms with van der Waals surface area (Å²) in [4.78, 5) is 6.48. The zero-order valence-electron chi connectivity index (χ0n) is 12.5. The number of rotatable bonds is 5. The van der Waals surface area contributed by atoms with Crippen molar-refractivity contribution in [1.29, 1.82) is 0 Å². The molecule has 0 aliphatic heterocycles. The molecule has 1 aromatic carbocycles. The van der Waals surface area contributed by atoms with Gasteiger partial charge in [-0.2, -0.15) is 0 Å². The third-order valence-corrected chi connectivity index (χ3v) is 3.59. The SMILES string of the molecule is CN=C(NCCN(C)c1ccccc1)NC1CC1C.I. The molecule has 1 aliphatic carbocycles. The standard InChI is InChI=1S/C15H24N4.HI/c1-12-11-14(12)18-15(16-2)17-9-10-19(3)13-7-5-4-6-8-13;/h4-8,12,14H,9-11H2,1-3H3,(H2,16,17,18);1H. The molecule has 0 bridgehead atoms. The quantitative estimate of drug-likeness (QED) is 0.462. The van der Waals surface area contributed by atoms with Crippen LogP contribution in [0.2, 0.25) is 0 Å². The average molecular weight is 388 g/mol. The van der Waals surface area contributed by atoms with Crippen LogP contribution in [-0.4, -0.2) is 39.2 Å². The van der Waals surface area contributed by atoms with E-state index in [9.17, 15) is 0 Å². The van der Waals surface area contributed by atoms with E-state index in [4.69, 9.17) is 0 Å². The summed E-state index contributed by atoms with van der Waals surface area (Å²) >= 11 is 0. The number of aliphatic imine (C=N–C) groups is 1. The van der Waals surface area contributed by atoms with Crippen molar-refractivity contribution < 1.29 is 0 Å². The Morgan fingerprint density at radius 2 is 2.00 bits per heavy atom. The Balaban J connectivity index is 0.00000200. The Labute approximate surface area is 139 Å². The van der Waals surface area contributed by atoms with Gasteiger partial charge >= 0.3 is 0 Å². The van der Waals surface area contributed by atoms with Gasteiger partial charge in [-0.1, -0.05) is 25.1 Å². The van der Waals surface area contributed by atoms with Crippen LogP contribution in [0.25, 0.3) is 0 Å². The number of guanidine groups is 1. The van der Waals surface area contributed by atoms with Crippen molar-refractivity contribution in [1.82, 2.24) is 10.6 Å². The second-order valence-electron chi connectivity index (χ2n) is 5.22. The van der Waals surface area contributed by atoms with Gasteiger partial charge in [-0.25, -0.2) is 0 Å². The number of likely N-dealkylation sites (N-methyl/N-ethyl adjacent to an activating group) is 1. The van der Waals surface area contributed by atoms with Gasteiger partial charge in [0.15, 0.2) is 5.96 Å². The van der Waals surface area contributed by atoms with Gasteiger partial charge in [0.2, 0.25) is 0 Å². The van der Waals surface area contributed by atoms with Crippen LogP contribution in [0.4, 0.5) is 5.69 Å². The molecule has 0 spiro atoms. The van der Waals surface area contributed by atoms with Crippen LogP contribution in [0.3, 0.4) is 0 Å². The van der Waals surface area contributed by atoms with E-state index in [1.165, 1.54) is 12.1 Å². The monoisotopic (exact) mass is 388 g/mol. The summed E-state index contributed by atoms with van der Waals surface area (Å²) in [6.07, 6.45) is 1.25. The predicted molar refractivity (Wildman–Crippen MR) is 97.2 cm³/mol. The molecule has 2 rings (SSSR count). The van der Waals surface area contributed by atoms with Gasteiger partial charge in [-0.15, -0.1) is 24.0 Å². The molecule has 0 radical (unpaired) electrons. The maximum atomic E-state index is 4.25. The zero-order chi connectivity index (χ0) is 13.7. The number of para-hydroxylation sites is 1. The van der Waals surface area contributed by atoms with Crippen LogP contribution in [0, 0.1) is 5.92 Å². The molecule has 1 saturated carbocycles. The highest BCUT2D eigenvalue weighted by Crippen LogP contribution is 2.28. The molecule has 2 N–H and O–H groups in total. The van der Waals surface area contributed by atoms with Gasteiger partial charge in [0.25, 0.3) is 0 Å². The number of benzene rings is 1. The smallest absolute Gasteiger partial charge is 0.191 e. The zero-order valence-corrected chi connectivity index (χ0v) is 14.8. The Morgan fingerprint density at radius 3 is 2.55 bits per heavy atom. The third-order valence-electron chi connectivity index (χ3n) is 3.59. The minimum Gasteiger partial charge on any atom is -0.373 e. The van der Waals surface area contributed by atoms with Crippen molar-refractivity contribution in [2.45, 2.75) is 19.4 Å². The number of nitrogens with one attached hydrogen (secondary N) is 2. The highest BCUT2D eigenvalue weighted by Gasteiger charge is 2.33. The minimum absolute atomic E-state index is 0. The molecule has 0 amide bonds. The lowest BCUT2D eigenvalue weighted by atomic mass is 10.3. The first-order valence-corrected chi connectivity index (χ1v) is 6.94. The van der Waals surface area contributed by atoms with Gasteiger partial charge in [0.1, 0.15) is 0 Å². The van der Waals surface area contributed by atoms with E-state index in [-0.39, 0.29) is 24.0 Å². The summed E-state index contributed by atoms with van der Waals surface area (Å²) in [5.74, 6) is 1.70. The van der Waals surface area contributed by atoms with Gasteiger partial charge in [0, 0.05) is 38.9 Å². The Hall–Kier alpha value is -0.980. The van der Waals surface area contributed by atoms with Gasteiger partial charge in [0.05, 0.1) is 0 Å². The molecule has 0 aromatic heterocycles. The Kier molecular flexibility index (Phi) is 7.12. The van der Waals surface area contributed by atoms with Crippen LogP contribution >= 0.6 is 24.0 Å². The fourth-order valence-corrected chi connectivity index (χ4v) is 2.05. The van der Waals surface area contributed by atoms with E-state index in [1.54, 1.807) is 0 Å². The number of hydrogen-bond donors (Lipinski definition) is 2. The van der Waals surface area contributed by atoms with Crippen molar-refractivity contribution in [2.24, 2.45) is 10.9 Å². The number of anilines is 1. The van der Waals surface area contributed by atoms with E-state index in [2.05, 4.69) is 58.8 Å². The van der Waals surface area contributed by atoms with Crippen molar-refractivity contribution in [3.63, 3.8) is 0 Å². The highest BCUT2D eigenvalue weighted by molar-refractivity contribution is 14.0. The van der Waals surface area contributed by atoms with E-state index >= 15 is 0 Å². The first-order valence-electron chi connectivity index (χ1n) is 6.94. The first kappa shape index (κ1) is 17.1. The molecule has 1 aliphatic rings. The maximum absolute atomic E-state index is 4.25.